The molecule has 0 aliphatic carbocycles. The van der Waals surface area contributed by atoms with Crippen molar-refractivity contribution in [2.24, 2.45) is 0 Å². The summed E-state index contributed by atoms with van der Waals surface area (Å²) in [5.74, 6) is 0.293. The molecule has 0 bridgehead atoms. The lowest BCUT2D eigenvalue weighted by Crippen LogP contribution is -2.07. The van der Waals surface area contributed by atoms with Crippen LogP contribution in [0.25, 0.3) is 0 Å². The SMILES string of the molecule is Cc1cc(F)ccc1CC(=O)CSc1ccccc1Br. The molecule has 0 fully saturated rings. The van der Waals surface area contributed by atoms with Gasteiger partial charge in [-0.1, -0.05) is 18.2 Å². The number of carbonyl (C=O) groups is 1. The van der Waals surface area contributed by atoms with E-state index in [4.69, 9.17) is 0 Å². The largest absolute Gasteiger partial charge is 0.298 e. The average molecular weight is 353 g/mol. The number of hydrogen-bond donors (Lipinski definition) is 0. The van der Waals surface area contributed by atoms with Crippen LogP contribution in [0.15, 0.2) is 51.8 Å². The Balaban J connectivity index is 1.94. The average Bonchev–Trinajstić information content (AvgIpc) is 2.41. The van der Waals surface area contributed by atoms with Crippen molar-refractivity contribution in [2.75, 3.05) is 5.75 Å². The molecule has 4 heteroatoms. The summed E-state index contributed by atoms with van der Waals surface area (Å²) in [4.78, 5) is 13.1. The van der Waals surface area contributed by atoms with Crippen LogP contribution in [-0.4, -0.2) is 11.5 Å². The van der Waals surface area contributed by atoms with Crippen LogP contribution < -0.4 is 0 Å². The van der Waals surface area contributed by atoms with Gasteiger partial charge in [0.2, 0.25) is 0 Å². The molecule has 2 aromatic carbocycles. The first kappa shape index (κ1) is 15.3. The maximum Gasteiger partial charge on any atom is 0.147 e. The quantitative estimate of drug-likeness (QED) is 0.719. The molecule has 0 radical (unpaired) electrons. The molecule has 0 heterocycles. The first-order chi connectivity index (χ1) is 9.56. The number of ketones is 1. The topological polar surface area (TPSA) is 17.1 Å². The van der Waals surface area contributed by atoms with Gasteiger partial charge in [0, 0.05) is 15.8 Å². The molecule has 0 aliphatic rings. The summed E-state index contributed by atoms with van der Waals surface area (Å²) >= 11 is 4.97. The molecule has 0 saturated heterocycles. The lowest BCUT2D eigenvalue weighted by molar-refractivity contribution is -0.116. The molecule has 0 amide bonds. The van der Waals surface area contributed by atoms with E-state index in [-0.39, 0.29) is 11.6 Å². The smallest absolute Gasteiger partial charge is 0.147 e. The first-order valence-electron chi connectivity index (χ1n) is 6.20. The number of hydrogen-bond acceptors (Lipinski definition) is 2. The summed E-state index contributed by atoms with van der Waals surface area (Å²) in [6.07, 6.45) is 0.351. The third-order valence-electron chi connectivity index (χ3n) is 2.92. The maximum atomic E-state index is 13.0. The molecule has 2 rings (SSSR count). The van der Waals surface area contributed by atoms with E-state index in [1.807, 2.05) is 31.2 Å². The van der Waals surface area contributed by atoms with Crippen molar-refractivity contribution in [1.29, 1.82) is 0 Å². The Morgan fingerprint density at radius 3 is 2.70 bits per heavy atom. The lowest BCUT2D eigenvalue weighted by Gasteiger charge is -2.06. The van der Waals surface area contributed by atoms with Crippen LogP contribution in [0.1, 0.15) is 11.1 Å². The number of rotatable bonds is 5. The number of carbonyl (C=O) groups excluding carboxylic acids is 1. The van der Waals surface area contributed by atoms with E-state index in [1.54, 1.807) is 6.07 Å². The van der Waals surface area contributed by atoms with E-state index >= 15 is 0 Å². The predicted octanol–water partition coefficient (Wildman–Crippen LogP) is 4.80. The minimum absolute atomic E-state index is 0.139. The molecule has 0 N–H and O–H groups in total. The van der Waals surface area contributed by atoms with Crippen molar-refractivity contribution < 1.29 is 9.18 Å². The summed E-state index contributed by atoms with van der Waals surface area (Å²) in [5, 5.41) is 0. The monoisotopic (exact) mass is 352 g/mol. The number of halogens is 2. The molecule has 0 aromatic heterocycles. The Morgan fingerprint density at radius 1 is 1.25 bits per heavy atom. The highest BCUT2D eigenvalue weighted by atomic mass is 79.9. The standard InChI is InChI=1S/C16H14BrFOS/c1-11-8-13(18)7-6-12(11)9-14(19)10-20-16-5-3-2-4-15(16)17/h2-8H,9-10H2,1H3. The van der Waals surface area contributed by atoms with Crippen LogP contribution in [0.5, 0.6) is 0 Å². The Hall–Kier alpha value is -1.13. The predicted molar refractivity (Wildman–Crippen MR) is 84.7 cm³/mol. The van der Waals surface area contributed by atoms with Gasteiger partial charge in [-0.05, 0) is 58.2 Å². The van der Waals surface area contributed by atoms with Crippen molar-refractivity contribution >= 4 is 33.5 Å². The second-order valence-corrected chi connectivity index (χ2v) is 6.38. The van der Waals surface area contributed by atoms with Crippen molar-refractivity contribution in [3.63, 3.8) is 0 Å². The number of aryl methyl sites for hydroxylation is 1. The van der Waals surface area contributed by atoms with Crippen LogP contribution >= 0.6 is 27.7 Å². The van der Waals surface area contributed by atoms with Crippen molar-refractivity contribution in [3.05, 3.63) is 63.9 Å². The zero-order valence-electron chi connectivity index (χ0n) is 11.0. The van der Waals surface area contributed by atoms with Crippen LogP contribution in [0.2, 0.25) is 0 Å². The molecule has 0 saturated carbocycles. The van der Waals surface area contributed by atoms with Crippen molar-refractivity contribution in [2.45, 2.75) is 18.2 Å². The van der Waals surface area contributed by atoms with E-state index in [0.717, 1.165) is 20.5 Å². The Morgan fingerprint density at radius 2 is 2.00 bits per heavy atom. The molecule has 2 aromatic rings. The fraction of sp³-hybridized carbons (Fsp3) is 0.188. The molecule has 0 spiro atoms. The lowest BCUT2D eigenvalue weighted by atomic mass is 10.0. The normalized spacial score (nSPS) is 10.6. The fourth-order valence-electron chi connectivity index (χ4n) is 1.84. The zero-order chi connectivity index (χ0) is 14.5. The first-order valence-corrected chi connectivity index (χ1v) is 7.98. The number of thioether (sulfide) groups is 1. The van der Waals surface area contributed by atoms with Crippen molar-refractivity contribution in [3.8, 4) is 0 Å². The Bertz CT molecular complexity index is 628. The second kappa shape index (κ2) is 7.04. The fourth-order valence-corrected chi connectivity index (χ4v) is 3.27. The summed E-state index contributed by atoms with van der Waals surface area (Å²) in [6.45, 7) is 1.83. The Labute approximate surface area is 130 Å². The summed E-state index contributed by atoms with van der Waals surface area (Å²) in [7, 11) is 0. The van der Waals surface area contributed by atoms with Gasteiger partial charge in [0.05, 0.1) is 5.75 Å². The van der Waals surface area contributed by atoms with Crippen LogP contribution in [0.3, 0.4) is 0 Å². The van der Waals surface area contributed by atoms with E-state index < -0.39 is 0 Å². The van der Waals surface area contributed by atoms with Gasteiger partial charge in [0.1, 0.15) is 11.6 Å². The van der Waals surface area contributed by atoms with Gasteiger partial charge >= 0.3 is 0 Å². The van der Waals surface area contributed by atoms with Gasteiger partial charge in [-0.15, -0.1) is 11.8 Å². The highest BCUT2D eigenvalue weighted by Gasteiger charge is 2.09. The minimum atomic E-state index is -0.263. The van der Waals surface area contributed by atoms with E-state index in [9.17, 15) is 9.18 Å². The second-order valence-electron chi connectivity index (χ2n) is 4.51. The van der Waals surface area contributed by atoms with E-state index in [1.165, 1.54) is 23.9 Å². The number of Topliss-reactive ketones (excluding diaryl/α,β-unsaturated/α-hetero) is 1. The molecular weight excluding hydrogens is 339 g/mol. The number of benzene rings is 2. The minimum Gasteiger partial charge on any atom is -0.298 e. The summed E-state index contributed by atoms with van der Waals surface area (Å²) in [5.41, 5.74) is 1.72. The third-order valence-corrected chi connectivity index (χ3v) is 5.00. The van der Waals surface area contributed by atoms with Gasteiger partial charge in [-0.25, -0.2) is 4.39 Å². The maximum absolute atomic E-state index is 13.0. The zero-order valence-corrected chi connectivity index (χ0v) is 13.4. The molecule has 1 nitrogen and oxygen atoms in total. The van der Waals surface area contributed by atoms with Crippen LogP contribution in [0.4, 0.5) is 4.39 Å². The highest BCUT2D eigenvalue weighted by Crippen LogP contribution is 2.27. The van der Waals surface area contributed by atoms with Gasteiger partial charge < -0.3 is 0 Å². The van der Waals surface area contributed by atoms with Gasteiger partial charge in [-0.3, -0.25) is 4.79 Å². The van der Waals surface area contributed by atoms with Crippen LogP contribution in [-0.2, 0) is 11.2 Å². The van der Waals surface area contributed by atoms with Crippen molar-refractivity contribution in [1.82, 2.24) is 0 Å². The molecule has 0 aliphatic heterocycles. The van der Waals surface area contributed by atoms with E-state index in [2.05, 4.69) is 15.9 Å². The summed E-state index contributed by atoms with van der Waals surface area (Å²) < 4.78 is 14.0. The molecule has 0 unspecified atom stereocenters. The van der Waals surface area contributed by atoms with Crippen LogP contribution in [0, 0.1) is 12.7 Å². The molecule has 104 valence electrons. The highest BCUT2D eigenvalue weighted by molar-refractivity contribution is 9.10. The van der Waals surface area contributed by atoms with Gasteiger partial charge in [-0.2, -0.15) is 0 Å². The summed E-state index contributed by atoms with van der Waals surface area (Å²) in [6, 6.07) is 12.4. The van der Waals surface area contributed by atoms with Gasteiger partial charge in [0.25, 0.3) is 0 Å². The van der Waals surface area contributed by atoms with Gasteiger partial charge in [0.15, 0.2) is 0 Å². The molecule has 0 atom stereocenters. The third kappa shape index (κ3) is 4.18. The molecule has 20 heavy (non-hydrogen) atoms. The van der Waals surface area contributed by atoms with E-state index in [0.29, 0.717) is 12.2 Å². The molecular formula is C16H14BrFOS. The Kier molecular flexibility index (Phi) is 5.38.